The van der Waals surface area contributed by atoms with E-state index in [4.69, 9.17) is 28.4 Å². The van der Waals surface area contributed by atoms with Crippen molar-refractivity contribution in [1.29, 1.82) is 0 Å². The van der Waals surface area contributed by atoms with Crippen LogP contribution in [0.15, 0.2) is 0 Å². The fourth-order valence-electron chi connectivity index (χ4n) is 3.01. The summed E-state index contributed by atoms with van der Waals surface area (Å²) >= 11 is 0. The van der Waals surface area contributed by atoms with Crippen molar-refractivity contribution < 1.29 is 33.2 Å². The van der Waals surface area contributed by atoms with E-state index in [9.17, 15) is 4.79 Å². The van der Waals surface area contributed by atoms with Crippen molar-refractivity contribution in [2.45, 2.75) is 76.9 Å². The Morgan fingerprint density at radius 2 is 1.76 bits per heavy atom. The van der Waals surface area contributed by atoms with Crippen LogP contribution >= 0.6 is 0 Å². The Balaban J connectivity index is 1.77. The first kappa shape index (κ1) is 15.2. The molecule has 3 heterocycles. The summed E-state index contributed by atoms with van der Waals surface area (Å²) in [4.78, 5) is 11.4. The molecule has 3 aliphatic heterocycles. The summed E-state index contributed by atoms with van der Waals surface area (Å²) in [6.07, 6.45) is -2.40. The number of hydrogen-bond acceptors (Lipinski definition) is 7. The van der Waals surface area contributed by atoms with Crippen molar-refractivity contribution in [3.05, 3.63) is 0 Å². The Hall–Kier alpha value is -0.730. The SMILES string of the molecule is CC(=O)O[C@H]1[C@@H]2OC(C)(C)O[C@@H]2O[C@@H]1[C@H]1COC(C)(C)O1. The van der Waals surface area contributed by atoms with Crippen LogP contribution in [-0.4, -0.2) is 54.9 Å². The van der Waals surface area contributed by atoms with Gasteiger partial charge in [0.15, 0.2) is 30.1 Å². The van der Waals surface area contributed by atoms with E-state index in [0.717, 1.165) is 0 Å². The Bertz CT molecular complexity index is 433. The zero-order chi connectivity index (χ0) is 15.4. The van der Waals surface area contributed by atoms with Crippen molar-refractivity contribution in [2.24, 2.45) is 0 Å². The van der Waals surface area contributed by atoms with Crippen LogP contribution in [0.1, 0.15) is 34.6 Å². The van der Waals surface area contributed by atoms with E-state index in [0.29, 0.717) is 6.61 Å². The first-order chi connectivity index (χ1) is 9.67. The summed E-state index contributed by atoms with van der Waals surface area (Å²) in [7, 11) is 0. The van der Waals surface area contributed by atoms with Crippen molar-refractivity contribution >= 4 is 5.97 Å². The second-order valence-corrected chi connectivity index (χ2v) is 6.51. The number of fused-ring (bicyclic) bond motifs is 1. The van der Waals surface area contributed by atoms with Crippen LogP contribution in [0.5, 0.6) is 0 Å². The maximum absolute atomic E-state index is 11.4. The van der Waals surface area contributed by atoms with Gasteiger partial charge in [-0.2, -0.15) is 0 Å². The first-order valence-corrected chi connectivity index (χ1v) is 7.17. The second kappa shape index (κ2) is 4.89. The fraction of sp³-hybridized carbons (Fsp3) is 0.929. The quantitative estimate of drug-likeness (QED) is 0.703. The molecule has 0 N–H and O–H groups in total. The molecule has 0 aromatic carbocycles. The molecule has 7 nitrogen and oxygen atoms in total. The van der Waals surface area contributed by atoms with E-state index in [2.05, 4.69) is 0 Å². The molecule has 7 heteroatoms. The molecule has 5 atom stereocenters. The molecule has 0 aromatic rings. The average Bonchev–Trinajstić information content (AvgIpc) is 2.90. The molecule has 0 saturated carbocycles. The molecular weight excluding hydrogens is 280 g/mol. The lowest BCUT2D eigenvalue weighted by Crippen LogP contribution is -2.44. The smallest absolute Gasteiger partial charge is 0.303 e. The number of carbonyl (C=O) groups is 1. The third kappa shape index (κ3) is 2.93. The van der Waals surface area contributed by atoms with Gasteiger partial charge in [-0.25, -0.2) is 0 Å². The molecule has 0 aliphatic carbocycles. The average molecular weight is 302 g/mol. The summed E-state index contributed by atoms with van der Waals surface area (Å²) in [6.45, 7) is 9.00. The largest absolute Gasteiger partial charge is 0.457 e. The van der Waals surface area contributed by atoms with Gasteiger partial charge in [0, 0.05) is 6.92 Å². The normalized spacial score (nSPS) is 43.8. The molecule has 0 unspecified atom stereocenters. The number of carbonyl (C=O) groups excluding carboxylic acids is 1. The predicted molar refractivity (Wildman–Crippen MR) is 69.2 cm³/mol. The highest BCUT2D eigenvalue weighted by Crippen LogP contribution is 2.41. The molecule has 0 amide bonds. The van der Waals surface area contributed by atoms with E-state index in [1.807, 2.05) is 13.8 Å². The molecule has 0 spiro atoms. The number of ether oxygens (including phenoxy) is 6. The summed E-state index contributed by atoms with van der Waals surface area (Å²) < 4.78 is 34.2. The maximum Gasteiger partial charge on any atom is 0.303 e. The molecule has 3 saturated heterocycles. The molecule has 3 fully saturated rings. The van der Waals surface area contributed by atoms with Gasteiger partial charge in [-0.05, 0) is 27.7 Å². The van der Waals surface area contributed by atoms with Crippen LogP contribution in [0.4, 0.5) is 0 Å². The molecule has 0 aromatic heterocycles. The summed E-state index contributed by atoms with van der Waals surface area (Å²) in [5.74, 6) is -1.82. The summed E-state index contributed by atoms with van der Waals surface area (Å²) in [5, 5.41) is 0. The minimum absolute atomic E-state index is 0.328. The molecule has 3 aliphatic rings. The van der Waals surface area contributed by atoms with Crippen molar-refractivity contribution in [3.8, 4) is 0 Å². The highest BCUT2D eigenvalue weighted by Gasteiger charge is 2.59. The van der Waals surface area contributed by atoms with Gasteiger partial charge in [-0.15, -0.1) is 0 Å². The van der Waals surface area contributed by atoms with Gasteiger partial charge in [-0.3, -0.25) is 4.79 Å². The monoisotopic (exact) mass is 302 g/mol. The minimum atomic E-state index is -0.759. The van der Waals surface area contributed by atoms with Gasteiger partial charge < -0.3 is 28.4 Å². The lowest BCUT2D eigenvalue weighted by molar-refractivity contribution is -0.235. The van der Waals surface area contributed by atoms with E-state index >= 15 is 0 Å². The van der Waals surface area contributed by atoms with Crippen molar-refractivity contribution in [1.82, 2.24) is 0 Å². The van der Waals surface area contributed by atoms with E-state index in [1.165, 1.54) is 6.92 Å². The van der Waals surface area contributed by atoms with Crippen LogP contribution in [0.25, 0.3) is 0 Å². The topological polar surface area (TPSA) is 72.5 Å². The molecule has 0 bridgehead atoms. The molecule has 21 heavy (non-hydrogen) atoms. The van der Waals surface area contributed by atoms with E-state index < -0.39 is 36.2 Å². The van der Waals surface area contributed by atoms with Gasteiger partial charge in [-0.1, -0.05) is 0 Å². The third-order valence-corrected chi connectivity index (χ3v) is 3.73. The van der Waals surface area contributed by atoms with Crippen LogP contribution in [-0.2, 0) is 33.2 Å². The van der Waals surface area contributed by atoms with E-state index in [1.54, 1.807) is 13.8 Å². The molecular formula is C14H22O7. The van der Waals surface area contributed by atoms with E-state index in [-0.39, 0.29) is 12.1 Å². The lowest BCUT2D eigenvalue weighted by atomic mass is 10.1. The number of rotatable bonds is 2. The highest BCUT2D eigenvalue weighted by atomic mass is 16.8. The van der Waals surface area contributed by atoms with Crippen LogP contribution in [0.2, 0.25) is 0 Å². The Morgan fingerprint density at radius 1 is 1.05 bits per heavy atom. The molecule has 3 rings (SSSR count). The van der Waals surface area contributed by atoms with Crippen molar-refractivity contribution in [3.63, 3.8) is 0 Å². The second-order valence-electron chi connectivity index (χ2n) is 6.51. The van der Waals surface area contributed by atoms with Gasteiger partial charge in [0.05, 0.1) is 6.61 Å². The van der Waals surface area contributed by atoms with Gasteiger partial charge >= 0.3 is 5.97 Å². The molecule has 120 valence electrons. The molecule has 0 radical (unpaired) electrons. The maximum atomic E-state index is 11.4. The standard InChI is InChI=1S/C14H22O7/c1-7(15)17-10-9(8-6-16-13(2,3)19-8)18-12-11(10)20-14(4,5)21-12/h8-12H,6H2,1-5H3/t8-,9-,10-,11+,12+/m1/s1. The highest BCUT2D eigenvalue weighted by molar-refractivity contribution is 5.66. The third-order valence-electron chi connectivity index (χ3n) is 3.73. The first-order valence-electron chi connectivity index (χ1n) is 7.17. The predicted octanol–water partition coefficient (Wildman–Crippen LogP) is 0.946. The van der Waals surface area contributed by atoms with Gasteiger partial charge in [0.1, 0.15) is 12.2 Å². The Morgan fingerprint density at radius 3 is 2.33 bits per heavy atom. The number of hydrogen-bond donors (Lipinski definition) is 0. The summed E-state index contributed by atoms with van der Waals surface area (Å²) in [5.41, 5.74) is 0. The minimum Gasteiger partial charge on any atom is -0.457 e. The van der Waals surface area contributed by atoms with Crippen LogP contribution < -0.4 is 0 Å². The zero-order valence-corrected chi connectivity index (χ0v) is 13.0. The zero-order valence-electron chi connectivity index (χ0n) is 13.0. The fourth-order valence-corrected chi connectivity index (χ4v) is 3.01. The Labute approximate surface area is 123 Å². The van der Waals surface area contributed by atoms with Gasteiger partial charge in [0.25, 0.3) is 0 Å². The van der Waals surface area contributed by atoms with Crippen molar-refractivity contribution in [2.75, 3.05) is 6.61 Å². The number of esters is 1. The summed E-state index contributed by atoms with van der Waals surface area (Å²) in [6, 6.07) is 0. The van der Waals surface area contributed by atoms with Gasteiger partial charge in [0.2, 0.25) is 0 Å². The Kier molecular flexibility index (Phi) is 3.53. The van der Waals surface area contributed by atoms with Crippen LogP contribution in [0, 0.1) is 0 Å². The lowest BCUT2D eigenvalue weighted by Gasteiger charge is -2.28. The van der Waals surface area contributed by atoms with Crippen LogP contribution in [0.3, 0.4) is 0 Å².